The number of carbonyl (C=O) groups excluding carboxylic acids is 1. The van der Waals surface area contributed by atoms with E-state index in [4.69, 9.17) is 9.47 Å². The molecular weight excluding hydrogens is 460 g/mol. The van der Waals surface area contributed by atoms with Gasteiger partial charge in [0, 0.05) is 12.2 Å². The molecule has 3 aromatic rings. The molecule has 9 nitrogen and oxygen atoms in total. The predicted molar refractivity (Wildman–Crippen MR) is 139 cm³/mol. The van der Waals surface area contributed by atoms with Crippen LogP contribution in [0.15, 0.2) is 52.1 Å². The third kappa shape index (κ3) is 6.41. The smallest absolute Gasteiger partial charge is 0.354 e. The summed E-state index contributed by atoms with van der Waals surface area (Å²) in [5, 5.41) is 3.13. The summed E-state index contributed by atoms with van der Waals surface area (Å²) in [5.74, 6) is -0.312. The first-order valence-corrected chi connectivity index (χ1v) is 12.0. The number of benzene rings is 2. The topological polar surface area (TPSA) is 104 Å². The lowest BCUT2D eigenvalue weighted by molar-refractivity contribution is -0.145. The number of anilines is 2. The zero-order chi connectivity index (χ0) is 26.4. The standard InChI is InChI=1S/C27H34N4O5/c1-7-20(5)36-23-13-12-22(14-18(23)3)28-25-29-26(33)31(15-19(4)24(32)35-6)27(34)30(25)16-21-10-8-17(2)9-11-21/h8-14,19-20H,7,15-16H2,1-6H3,(H,28,29,33)/t19-,20+/m0/s1. The zero-order valence-corrected chi connectivity index (χ0v) is 21.7. The molecule has 0 aliphatic heterocycles. The van der Waals surface area contributed by atoms with Crippen LogP contribution in [0.5, 0.6) is 5.75 Å². The van der Waals surface area contributed by atoms with Gasteiger partial charge in [0.05, 0.1) is 25.7 Å². The fourth-order valence-corrected chi connectivity index (χ4v) is 3.64. The number of hydrogen-bond acceptors (Lipinski definition) is 7. The third-order valence-electron chi connectivity index (χ3n) is 6.01. The number of aryl methyl sites for hydroxylation is 2. The van der Waals surface area contributed by atoms with E-state index in [2.05, 4.69) is 17.2 Å². The van der Waals surface area contributed by atoms with Crippen LogP contribution in [0.3, 0.4) is 0 Å². The monoisotopic (exact) mass is 494 g/mol. The number of nitrogens with zero attached hydrogens (tertiary/aromatic N) is 3. The molecule has 0 aliphatic carbocycles. The van der Waals surface area contributed by atoms with Gasteiger partial charge in [-0.15, -0.1) is 0 Å². The molecule has 0 saturated heterocycles. The van der Waals surface area contributed by atoms with Crippen LogP contribution in [-0.4, -0.2) is 33.3 Å². The largest absolute Gasteiger partial charge is 0.490 e. The Hall–Kier alpha value is -3.88. The Morgan fingerprint density at radius 3 is 2.36 bits per heavy atom. The Kier molecular flexibility index (Phi) is 8.68. The van der Waals surface area contributed by atoms with Crippen molar-refractivity contribution < 1.29 is 14.3 Å². The van der Waals surface area contributed by atoms with Crippen molar-refractivity contribution in [2.45, 2.75) is 60.2 Å². The molecular formula is C27H34N4O5. The quantitative estimate of drug-likeness (QED) is 0.428. The van der Waals surface area contributed by atoms with Gasteiger partial charge in [-0.3, -0.25) is 9.36 Å². The number of carbonyl (C=O) groups is 1. The molecule has 1 aromatic heterocycles. The molecule has 1 heterocycles. The van der Waals surface area contributed by atoms with Crippen molar-refractivity contribution in [1.82, 2.24) is 14.1 Å². The van der Waals surface area contributed by atoms with Crippen LogP contribution in [0.1, 0.15) is 43.9 Å². The zero-order valence-electron chi connectivity index (χ0n) is 21.7. The summed E-state index contributed by atoms with van der Waals surface area (Å²) in [4.78, 5) is 42.4. The minimum Gasteiger partial charge on any atom is -0.490 e. The molecule has 0 fully saturated rings. The van der Waals surface area contributed by atoms with E-state index in [0.717, 1.165) is 33.4 Å². The van der Waals surface area contributed by atoms with Crippen LogP contribution < -0.4 is 21.4 Å². The molecule has 0 unspecified atom stereocenters. The lowest BCUT2D eigenvalue weighted by Gasteiger charge is -2.18. The molecule has 192 valence electrons. The Labute approximate surface area is 210 Å². The van der Waals surface area contributed by atoms with Crippen LogP contribution in [0, 0.1) is 19.8 Å². The normalized spacial score (nSPS) is 12.6. The van der Waals surface area contributed by atoms with Gasteiger partial charge in [-0.25, -0.2) is 14.2 Å². The molecule has 0 spiro atoms. The molecule has 0 saturated carbocycles. The maximum atomic E-state index is 13.5. The average molecular weight is 495 g/mol. The molecule has 9 heteroatoms. The van der Waals surface area contributed by atoms with Gasteiger partial charge >= 0.3 is 17.3 Å². The van der Waals surface area contributed by atoms with Crippen LogP contribution >= 0.6 is 0 Å². The molecule has 1 N–H and O–H groups in total. The number of rotatable bonds is 10. The Morgan fingerprint density at radius 2 is 1.75 bits per heavy atom. The SMILES string of the molecule is CC[C@@H](C)Oc1ccc(Nc2nc(=O)n(C[C@H](C)C(=O)OC)c(=O)n2Cc2ccc(C)cc2)cc1C. The summed E-state index contributed by atoms with van der Waals surface area (Å²) in [6, 6.07) is 13.3. The third-order valence-corrected chi connectivity index (χ3v) is 6.01. The van der Waals surface area contributed by atoms with E-state index in [9.17, 15) is 14.4 Å². The first-order valence-electron chi connectivity index (χ1n) is 12.0. The van der Waals surface area contributed by atoms with Crippen molar-refractivity contribution in [1.29, 1.82) is 0 Å². The predicted octanol–water partition coefficient (Wildman–Crippen LogP) is 3.80. The maximum Gasteiger partial charge on any atom is 0.354 e. The number of nitrogens with one attached hydrogen (secondary N) is 1. The Bertz CT molecular complexity index is 1330. The van der Waals surface area contributed by atoms with Crippen molar-refractivity contribution in [3.05, 3.63) is 80.1 Å². The second-order valence-corrected chi connectivity index (χ2v) is 9.05. The highest BCUT2D eigenvalue weighted by atomic mass is 16.5. The number of esters is 1. The van der Waals surface area contributed by atoms with E-state index >= 15 is 0 Å². The highest BCUT2D eigenvalue weighted by molar-refractivity contribution is 5.71. The molecule has 0 bridgehead atoms. The minimum absolute atomic E-state index is 0.0869. The molecule has 0 radical (unpaired) electrons. The van der Waals surface area contributed by atoms with Crippen molar-refractivity contribution >= 4 is 17.6 Å². The first-order chi connectivity index (χ1) is 17.1. The van der Waals surface area contributed by atoms with Gasteiger partial charge in [0.2, 0.25) is 5.95 Å². The van der Waals surface area contributed by atoms with Gasteiger partial charge in [-0.05, 0) is 56.5 Å². The molecule has 2 aromatic carbocycles. The second-order valence-electron chi connectivity index (χ2n) is 9.05. The summed E-state index contributed by atoms with van der Waals surface area (Å²) >= 11 is 0. The van der Waals surface area contributed by atoms with Gasteiger partial charge < -0.3 is 14.8 Å². The fourth-order valence-electron chi connectivity index (χ4n) is 3.64. The lowest BCUT2D eigenvalue weighted by Crippen LogP contribution is -2.44. The number of ether oxygens (including phenoxy) is 2. The van der Waals surface area contributed by atoms with Crippen molar-refractivity contribution in [2.75, 3.05) is 12.4 Å². The van der Waals surface area contributed by atoms with Crippen LogP contribution in [0.4, 0.5) is 11.6 Å². The van der Waals surface area contributed by atoms with Crippen LogP contribution in [0.25, 0.3) is 0 Å². The van der Waals surface area contributed by atoms with Crippen molar-refractivity contribution in [3.8, 4) is 5.75 Å². The van der Waals surface area contributed by atoms with Gasteiger partial charge in [0.25, 0.3) is 0 Å². The van der Waals surface area contributed by atoms with Gasteiger partial charge in [0.15, 0.2) is 0 Å². The highest BCUT2D eigenvalue weighted by Gasteiger charge is 2.20. The van der Waals surface area contributed by atoms with Gasteiger partial charge in [-0.2, -0.15) is 4.98 Å². The maximum absolute atomic E-state index is 13.5. The molecule has 0 aliphatic rings. The van der Waals surface area contributed by atoms with Crippen molar-refractivity contribution in [3.63, 3.8) is 0 Å². The van der Waals surface area contributed by atoms with E-state index in [-0.39, 0.29) is 25.1 Å². The number of hydrogen-bond donors (Lipinski definition) is 1. The summed E-state index contributed by atoms with van der Waals surface area (Å²) in [6.07, 6.45) is 0.975. The van der Waals surface area contributed by atoms with E-state index < -0.39 is 23.3 Å². The van der Waals surface area contributed by atoms with Gasteiger partial charge in [-0.1, -0.05) is 43.7 Å². The molecule has 0 amide bonds. The molecule has 2 atom stereocenters. The van der Waals surface area contributed by atoms with Crippen LogP contribution in [-0.2, 0) is 22.6 Å². The van der Waals surface area contributed by atoms with Crippen LogP contribution in [0.2, 0.25) is 0 Å². The van der Waals surface area contributed by atoms with E-state index in [1.165, 1.54) is 11.7 Å². The summed E-state index contributed by atoms with van der Waals surface area (Å²) in [6.45, 7) is 9.64. The van der Waals surface area contributed by atoms with E-state index in [0.29, 0.717) is 5.69 Å². The minimum atomic E-state index is -0.744. The summed E-state index contributed by atoms with van der Waals surface area (Å²) in [5.41, 5.74) is 2.22. The number of methoxy groups -OCH3 is 1. The van der Waals surface area contributed by atoms with E-state index in [1.54, 1.807) is 6.92 Å². The Morgan fingerprint density at radius 1 is 1.06 bits per heavy atom. The summed E-state index contributed by atoms with van der Waals surface area (Å²) in [7, 11) is 1.27. The first kappa shape index (κ1) is 26.7. The molecule has 3 rings (SSSR count). The molecule has 36 heavy (non-hydrogen) atoms. The highest BCUT2D eigenvalue weighted by Crippen LogP contribution is 2.25. The van der Waals surface area contributed by atoms with E-state index in [1.807, 2.05) is 63.2 Å². The second kappa shape index (κ2) is 11.7. The lowest BCUT2D eigenvalue weighted by atomic mass is 10.1. The Balaban J connectivity index is 2.02. The summed E-state index contributed by atoms with van der Waals surface area (Å²) < 4.78 is 13.1. The van der Waals surface area contributed by atoms with Crippen molar-refractivity contribution in [2.24, 2.45) is 5.92 Å². The fraction of sp³-hybridized carbons (Fsp3) is 0.407. The average Bonchev–Trinajstić information content (AvgIpc) is 2.86. The number of aromatic nitrogens is 3. The van der Waals surface area contributed by atoms with Gasteiger partial charge in [0.1, 0.15) is 5.75 Å².